The average Bonchev–Trinajstić information content (AvgIpc) is 2.82. The standard InChI is InChI=1S/C25H35N3O5S/c1-5-23(25(30)26-6-2)27(19-20-14-16-22(33-3)17-15-20)24(29)13-10-18-28(34(4,31)32)21-11-8-7-9-12-21/h7-9,11-12,14-17,23H,5-6,10,13,18-19H2,1-4H3,(H,26,30)/t23-/m1/s1. The van der Waals surface area contributed by atoms with E-state index >= 15 is 0 Å². The first kappa shape index (κ1) is 27.2. The van der Waals surface area contributed by atoms with E-state index in [1.807, 2.05) is 44.2 Å². The summed E-state index contributed by atoms with van der Waals surface area (Å²) >= 11 is 0. The topological polar surface area (TPSA) is 96.0 Å². The van der Waals surface area contributed by atoms with Crippen molar-refractivity contribution in [2.24, 2.45) is 0 Å². The highest BCUT2D eigenvalue weighted by Gasteiger charge is 2.28. The normalized spacial score (nSPS) is 12.0. The van der Waals surface area contributed by atoms with Crippen molar-refractivity contribution in [1.29, 1.82) is 0 Å². The van der Waals surface area contributed by atoms with Crippen LogP contribution in [-0.2, 0) is 26.2 Å². The van der Waals surface area contributed by atoms with E-state index in [1.54, 1.807) is 36.3 Å². The summed E-state index contributed by atoms with van der Waals surface area (Å²) in [5.41, 5.74) is 1.43. The second kappa shape index (κ2) is 13.0. The van der Waals surface area contributed by atoms with Crippen LogP contribution < -0.4 is 14.4 Å². The van der Waals surface area contributed by atoms with Crippen molar-refractivity contribution in [3.05, 3.63) is 60.2 Å². The van der Waals surface area contributed by atoms with E-state index in [9.17, 15) is 18.0 Å². The summed E-state index contributed by atoms with van der Waals surface area (Å²) in [6.45, 7) is 4.62. The molecule has 0 radical (unpaired) electrons. The van der Waals surface area contributed by atoms with Gasteiger partial charge >= 0.3 is 0 Å². The van der Waals surface area contributed by atoms with Crippen LogP contribution in [0.4, 0.5) is 5.69 Å². The molecule has 0 aliphatic carbocycles. The Bertz CT molecular complexity index is 1030. The number of para-hydroxylation sites is 1. The number of hydrogen-bond acceptors (Lipinski definition) is 5. The van der Waals surface area contributed by atoms with E-state index in [0.717, 1.165) is 11.8 Å². The number of sulfonamides is 1. The first-order chi connectivity index (χ1) is 16.2. The van der Waals surface area contributed by atoms with E-state index in [4.69, 9.17) is 4.74 Å². The molecule has 2 amide bonds. The van der Waals surface area contributed by atoms with E-state index < -0.39 is 16.1 Å². The van der Waals surface area contributed by atoms with Crippen LogP contribution in [0.3, 0.4) is 0 Å². The third-order valence-corrected chi connectivity index (χ3v) is 6.64. The largest absolute Gasteiger partial charge is 0.497 e. The summed E-state index contributed by atoms with van der Waals surface area (Å²) in [5, 5.41) is 2.81. The molecule has 0 saturated heterocycles. The smallest absolute Gasteiger partial charge is 0.242 e. The number of nitrogens with zero attached hydrogens (tertiary/aromatic N) is 2. The Hall–Kier alpha value is -3.07. The van der Waals surface area contributed by atoms with Gasteiger partial charge in [0.1, 0.15) is 11.8 Å². The number of hydrogen-bond donors (Lipinski definition) is 1. The van der Waals surface area contributed by atoms with E-state index in [2.05, 4.69) is 5.32 Å². The van der Waals surface area contributed by atoms with Crippen LogP contribution in [-0.4, -0.2) is 57.6 Å². The molecule has 2 aromatic rings. The SMILES string of the molecule is CCNC(=O)[C@@H](CC)N(Cc1ccc(OC)cc1)C(=O)CCCN(c1ccccc1)S(C)(=O)=O. The predicted molar refractivity (Wildman–Crippen MR) is 134 cm³/mol. The minimum Gasteiger partial charge on any atom is -0.497 e. The number of methoxy groups -OCH3 is 1. The third-order valence-electron chi connectivity index (χ3n) is 5.45. The highest BCUT2D eigenvalue weighted by atomic mass is 32.2. The molecule has 2 aromatic carbocycles. The number of rotatable bonds is 13. The number of likely N-dealkylation sites (N-methyl/N-ethyl adjacent to an activating group) is 1. The van der Waals surface area contributed by atoms with Crippen molar-refractivity contribution in [2.75, 3.05) is 30.8 Å². The van der Waals surface area contributed by atoms with Crippen LogP contribution >= 0.6 is 0 Å². The number of amides is 2. The van der Waals surface area contributed by atoms with Gasteiger partial charge in [0, 0.05) is 26.1 Å². The molecule has 0 heterocycles. The van der Waals surface area contributed by atoms with Crippen molar-refractivity contribution < 1.29 is 22.7 Å². The van der Waals surface area contributed by atoms with Crippen molar-refractivity contribution in [2.45, 2.75) is 45.7 Å². The maximum Gasteiger partial charge on any atom is 0.242 e. The van der Waals surface area contributed by atoms with Crippen molar-refractivity contribution in [3.63, 3.8) is 0 Å². The summed E-state index contributed by atoms with van der Waals surface area (Å²) in [6, 6.07) is 15.5. The first-order valence-electron chi connectivity index (χ1n) is 11.4. The second-order valence-corrected chi connectivity index (χ2v) is 9.87. The second-order valence-electron chi connectivity index (χ2n) is 7.96. The zero-order valence-corrected chi connectivity index (χ0v) is 21.2. The lowest BCUT2D eigenvalue weighted by Crippen LogP contribution is -2.49. The van der Waals surface area contributed by atoms with Gasteiger partial charge in [-0.3, -0.25) is 13.9 Å². The fourth-order valence-electron chi connectivity index (χ4n) is 3.74. The fourth-order valence-corrected chi connectivity index (χ4v) is 4.70. The molecule has 0 aliphatic rings. The van der Waals surface area contributed by atoms with E-state index in [1.165, 1.54) is 4.31 Å². The van der Waals surface area contributed by atoms with Gasteiger partial charge in [-0.2, -0.15) is 0 Å². The summed E-state index contributed by atoms with van der Waals surface area (Å²) in [7, 11) is -1.92. The van der Waals surface area contributed by atoms with Gasteiger partial charge in [-0.1, -0.05) is 37.3 Å². The summed E-state index contributed by atoms with van der Waals surface area (Å²) in [5.74, 6) is 0.309. The third kappa shape index (κ3) is 7.76. The highest BCUT2D eigenvalue weighted by Crippen LogP contribution is 2.20. The number of benzene rings is 2. The Labute approximate surface area is 202 Å². The molecule has 0 aliphatic heterocycles. The van der Waals surface area contributed by atoms with Crippen molar-refractivity contribution >= 4 is 27.5 Å². The molecule has 8 nitrogen and oxygen atoms in total. The summed E-state index contributed by atoms with van der Waals surface area (Å²) < 4.78 is 31.1. The molecule has 0 spiro atoms. The summed E-state index contributed by atoms with van der Waals surface area (Å²) in [6.07, 6.45) is 2.06. The highest BCUT2D eigenvalue weighted by molar-refractivity contribution is 7.92. The Morgan fingerprint density at radius 1 is 1.03 bits per heavy atom. The molecule has 1 atom stereocenters. The van der Waals surface area contributed by atoms with Gasteiger partial charge in [0.15, 0.2) is 0 Å². The van der Waals surface area contributed by atoms with Crippen LogP contribution in [0.5, 0.6) is 5.75 Å². The average molecular weight is 490 g/mol. The van der Waals surface area contributed by atoms with Gasteiger partial charge in [-0.15, -0.1) is 0 Å². The van der Waals surface area contributed by atoms with Gasteiger partial charge in [0.05, 0.1) is 19.1 Å². The van der Waals surface area contributed by atoms with Crippen LogP contribution in [0.2, 0.25) is 0 Å². The Balaban J connectivity index is 2.18. The Kier molecular flexibility index (Phi) is 10.4. The molecule has 0 saturated carbocycles. The van der Waals surface area contributed by atoms with E-state index in [-0.39, 0.29) is 31.3 Å². The van der Waals surface area contributed by atoms with E-state index in [0.29, 0.717) is 30.8 Å². The first-order valence-corrected chi connectivity index (χ1v) is 13.3. The lowest BCUT2D eigenvalue weighted by atomic mass is 10.1. The Morgan fingerprint density at radius 2 is 1.68 bits per heavy atom. The monoisotopic (exact) mass is 489 g/mol. The van der Waals surface area contributed by atoms with Gasteiger partial charge in [-0.25, -0.2) is 8.42 Å². The maximum absolute atomic E-state index is 13.3. The molecule has 34 heavy (non-hydrogen) atoms. The molecule has 2 rings (SSSR count). The number of carbonyl (C=O) groups is 2. The van der Waals surface area contributed by atoms with Gasteiger partial charge in [-0.05, 0) is 49.6 Å². The number of nitrogens with one attached hydrogen (secondary N) is 1. The zero-order valence-electron chi connectivity index (χ0n) is 20.4. The summed E-state index contributed by atoms with van der Waals surface area (Å²) in [4.78, 5) is 27.6. The Morgan fingerprint density at radius 3 is 2.21 bits per heavy atom. The van der Waals surface area contributed by atoms with Gasteiger partial charge in [0.25, 0.3) is 0 Å². The maximum atomic E-state index is 13.3. The van der Waals surface area contributed by atoms with Crippen LogP contribution in [0.25, 0.3) is 0 Å². The number of anilines is 1. The minimum atomic E-state index is -3.50. The van der Waals surface area contributed by atoms with Gasteiger partial charge in [0.2, 0.25) is 21.8 Å². The van der Waals surface area contributed by atoms with Crippen molar-refractivity contribution in [3.8, 4) is 5.75 Å². The quantitative estimate of drug-likeness (QED) is 0.466. The van der Waals surface area contributed by atoms with Crippen LogP contribution in [0.15, 0.2) is 54.6 Å². The lowest BCUT2D eigenvalue weighted by Gasteiger charge is -2.31. The predicted octanol–water partition coefficient (Wildman–Crippen LogP) is 3.18. The zero-order chi connectivity index (χ0) is 25.1. The lowest BCUT2D eigenvalue weighted by molar-refractivity contribution is -0.141. The number of ether oxygens (including phenoxy) is 1. The minimum absolute atomic E-state index is 0.116. The molecule has 0 fully saturated rings. The van der Waals surface area contributed by atoms with Crippen LogP contribution in [0.1, 0.15) is 38.7 Å². The molecule has 0 bridgehead atoms. The molecule has 186 valence electrons. The van der Waals surface area contributed by atoms with Gasteiger partial charge < -0.3 is 15.0 Å². The van der Waals surface area contributed by atoms with Crippen LogP contribution in [0, 0.1) is 0 Å². The molecular formula is C25H35N3O5S. The molecular weight excluding hydrogens is 454 g/mol. The molecule has 9 heteroatoms. The molecule has 0 aromatic heterocycles. The van der Waals surface area contributed by atoms with Crippen molar-refractivity contribution in [1.82, 2.24) is 10.2 Å². The fraction of sp³-hybridized carbons (Fsp3) is 0.440. The molecule has 0 unspecified atom stereocenters. The number of carbonyl (C=O) groups excluding carboxylic acids is 2. The molecule has 1 N–H and O–H groups in total.